The third-order valence-corrected chi connectivity index (χ3v) is 7.11. The number of pyridine rings is 1. The first-order valence-electron chi connectivity index (χ1n) is 10.5. The molecule has 0 saturated carbocycles. The summed E-state index contributed by atoms with van der Waals surface area (Å²) >= 11 is 1.70. The van der Waals surface area contributed by atoms with Gasteiger partial charge < -0.3 is 9.47 Å². The highest BCUT2D eigenvalue weighted by molar-refractivity contribution is 7.98. The second-order valence-electron chi connectivity index (χ2n) is 8.33. The maximum atomic E-state index is 13.3. The maximum Gasteiger partial charge on any atom is 0.253 e. The number of aromatic nitrogens is 1. The molecule has 1 fully saturated rings. The number of nitrogens with zero attached hydrogens (tertiary/aromatic N) is 2. The third-order valence-electron chi connectivity index (χ3n) is 6.37. The Labute approximate surface area is 184 Å². The van der Waals surface area contributed by atoms with E-state index in [1.54, 1.807) is 30.0 Å². The van der Waals surface area contributed by atoms with E-state index in [4.69, 9.17) is 0 Å². The lowest BCUT2D eigenvalue weighted by atomic mass is 9.80. The molecule has 0 spiro atoms. The molecule has 31 heavy (non-hydrogen) atoms. The minimum Gasteiger partial charge on any atom is -0.338 e. The van der Waals surface area contributed by atoms with E-state index in [0.29, 0.717) is 25.2 Å². The van der Waals surface area contributed by atoms with Gasteiger partial charge in [-0.3, -0.25) is 9.59 Å². The first-order chi connectivity index (χ1) is 15.0. The van der Waals surface area contributed by atoms with Crippen molar-refractivity contribution in [2.45, 2.75) is 23.8 Å². The maximum absolute atomic E-state index is 13.3. The molecule has 2 atom stereocenters. The molecule has 158 valence electrons. The van der Waals surface area contributed by atoms with Gasteiger partial charge in [0.1, 0.15) is 5.82 Å². The fourth-order valence-electron chi connectivity index (χ4n) is 4.97. The highest BCUT2D eigenvalue weighted by atomic mass is 32.2. The summed E-state index contributed by atoms with van der Waals surface area (Å²) in [7, 11) is 0. The fraction of sp³-hybridized carbons (Fsp3) is 0.280. The van der Waals surface area contributed by atoms with E-state index in [0.717, 1.165) is 23.2 Å². The molecule has 2 aliphatic heterocycles. The molecule has 1 amide bonds. The topological polar surface area (TPSA) is 42.3 Å². The van der Waals surface area contributed by atoms with Crippen molar-refractivity contribution in [1.29, 1.82) is 0 Å². The first-order valence-corrected chi connectivity index (χ1v) is 11.7. The lowest BCUT2D eigenvalue weighted by molar-refractivity contribution is 0.0595. The zero-order chi connectivity index (χ0) is 21.5. The minimum atomic E-state index is -0.350. The Morgan fingerprint density at radius 3 is 2.42 bits per heavy atom. The summed E-state index contributed by atoms with van der Waals surface area (Å²) in [4.78, 5) is 28.8. The average molecular weight is 435 g/mol. The van der Waals surface area contributed by atoms with Gasteiger partial charge in [-0.25, -0.2) is 4.39 Å². The highest BCUT2D eigenvalue weighted by Gasteiger charge is 2.38. The number of benzene rings is 2. The van der Waals surface area contributed by atoms with E-state index in [1.807, 2.05) is 21.8 Å². The van der Waals surface area contributed by atoms with Gasteiger partial charge >= 0.3 is 0 Å². The number of carbonyl (C=O) groups excluding carboxylic acids is 1. The Morgan fingerprint density at radius 2 is 1.71 bits per heavy atom. The molecule has 0 aliphatic carbocycles. The van der Waals surface area contributed by atoms with Crippen LogP contribution in [0.2, 0.25) is 0 Å². The average Bonchev–Trinajstić information content (AvgIpc) is 2.80. The molecule has 0 radical (unpaired) electrons. The summed E-state index contributed by atoms with van der Waals surface area (Å²) in [6.07, 6.45) is 3.01. The number of hydrogen-bond donors (Lipinski definition) is 0. The van der Waals surface area contributed by atoms with E-state index < -0.39 is 0 Å². The number of amides is 1. The third kappa shape index (κ3) is 3.69. The summed E-state index contributed by atoms with van der Waals surface area (Å²) in [5, 5.41) is 0. The van der Waals surface area contributed by atoms with Gasteiger partial charge in [0, 0.05) is 53.3 Å². The molecule has 5 rings (SSSR count). The van der Waals surface area contributed by atoms with Crippen molar-refractivity contribution in [3.8, 4) is 11.1 Å². The van der Waals surface area contributed by atoms with Crippen molar-refractivity contribution in [1.82, 2.24) is 9.47 Å². The minimum absolute atomic E-state index is 0.0208. The molecule has 1 aromatic heterocycles. The number of fused-ring (bicyclic) bond motifs is 4. The summed E-state index contributed by atoms with van der Waals surface area (Å²) in [6.45, 7) is 1.80. The normalized spacial score (nSPS) is 19.7. The van der Waals surface area contributed by atoms with Gasteiger partial charge in [-0.15, -0.1) is 11.8 Å². The van der Waals surface area contributed by atoms with Crippen LogP contribution in [-0.2, 0) is 6.54 Å². The second kappa shape index (κ2) is 8.00. The summed E-state index contributed by atoms with van der Waals surface area (Å²) in [6, 6.07) is 17.7. The predicted molar refractivity (Wildman–Crippen MR) is 121 cm³/mol. The van der Waals surface area contributed by atoms with Crippen LogP contribution >= 0.6 is 11.8 Å². The Hall–Kier alpha value is -2.86. The number of halogens is 1. The number of carbonyl (C=O) groups is 1. The van der Waals surface area contributed by atoms with Crippen molar-refractivity contribution in [2.24, 2.45) is 5.92 Å². The molecule has 0 N–H and O–H groups in total. The SMILES string of the molecule is CSc1ccc(-c2ccc(=O)n3c2C2CC(CN(C(=O)c4ccc(F)cc4)C2)C3)cc1. The van der Waals surface area contributed by atoms with Crippen LogP contribution in [0.15, 0.2) is 70.4 Å². The molecule has 2 unspecified atom stereocenters. The smallest absolute Gasteiger partial charge is 0.253 e. The number of likely N-dealkylation sites (tertiary alicyclic amines) is 1. The number of rotatable bonds is 3. The predicted octanol–water partition coefficient (Wildman–Crippen LogP) is 4.64. The van der Waals surface area contributed by atoms with E-state index in [-0.39, 0.29) is 29.1 Å². The van der Waals surface area contributed by atoms with Gasteiger partial charge in [-0.1, -0.05) is 12.1 Å². The van der Waals surface area contributed by atoms with Crippen LogP contribution in [-0.4, -0.2) is 34.7 Å². The lowest BCUT2D eigenvalue weighted by Gasteiger charge is -2.43. The molecule has 6 heteroatoms. The zero-order valence-electron chi connectivity index (χ0n) is 17.3. The lowest BCUT2D eigenvalue weighted by Crippen LogP contribution is -2.49. The quantitative estimate of drug-likeness (QED) is 0.564. The molecule has 2 bridgehead atoms. The Morgan fingerprint density at radius 1 is 0.968 bits per heavy atom. The number of piperidine rings is 1. The first kappa shape index (κ1) is 20.1. The summed E-state index contributed by atoms with van der Waals surface area (Å²) in [5.74, 6) is -0.0895. The molecule has 3 aromatic rings. The van der Waals surface area contributed by atoms with Crippen molar-refractivity contribution in [3.05, 3.63) is 88.1 Å². The van der Waals surface area contributed by atoms with Crippen LogP contribution < -0.4 is 5.56 Å². The molecule has 3 heterocycles. The van der Waals surface area contributed by atoms with Gasteiger partial charge in [-0.2, -0.15) is 0 Å². The van der Waals surface area contributed by atoms with Crippen molar-refractivity contribution in [3.63, 3.8) is 0 Å². The van der Waals surface area contributed by atoms with Crippen molar-refractivity contribution < 1.29 is 9.18 Å². The Kier molecular flexibility index (Phi) is 5.18. The monoisotopic (exact) mass is 434 g/mol. The Balaban J connectivity index is 1.51. The van der Waals surface area contributed by atoms with Crippen molar-refractivity contribution >= 4 is 17.7 Å². The van der Waals surface area contributed by atoms with E-state index >= 15 is 0 Å². The standard InChI is InChI=1S/C25H23FN2O2S/c1-31-21-8-4-17(5-9-21)22-10-11-23(29)28-14-16-12-19(24(22)28)15-27(13-16)25(30)18-2-6-20(26)7-3-18/h2-11,16,19H,12-15H2,1H3. The van der Waals surface area contributed by atoms with Crippen LogP contribution in [0, 0.1) is 11.7 Å². The molecule has 1 saturated heterocycles. The van der Waals surface area contributed by atoms with E-state index in [9.17, 15) is 14.0 Å². The van der Waals surface area contributed by atoms with Crippen LogP contribution in [0.1, 0.15) is 28.4 Å². The van der Waals surface area contributed by atoms with Crippen LogP contribution in [0.4, 0.5) is 4.39 Å². The molecule has 4 nitrogen and oxygen atoms in total. The second-order valence-corrected chi connectivity index (χ2v) is 9.20. The van der Waals surface area contributed by atoms with Crippen LogP contribution in [0.25, 0.3) is 11.1 Å². The van der Waals surface area contributed by atoms with Crippen LogP contribution in [0.3, 0.4) is 0 Å². The van der Waals surface area contributed by atoms with Gasteiger partial charge in [0.2, 0.25) is 0 Å². The van der Waals surface area contributed by atoms with Gasteiger partial charge in [0.15, 0.2) is 0 Å². The molecular formula is C25H23FN2O2S. The zero-order valence-corrected chi connectivity index (χ0v) is 18.1. The fourth-order valence-corrected chi connectivity index (χ4v) is 5.38. The van der Waals surface area contributed by atoms with Gasteiger partial charge in [0.05, 0.1) is 0 Å². The molecular weight excluding hydrogens is 411 g/mol. The molecule has 2 aliphatic rings. The van der Waals surface area contributed by atoms with Gasteiger partial charge in [-0.05, 0) is 66.6 Å². The summed E-state index contributed by atoms with van der Waals surface area (Å²) < 4.78 is 15.2. The van der Waals surface area contributed by atoms with Crippen LogP contribution in [0.5, 0.6) is 0 Å². The highest BCUT2D eigenvalue weighted by Crippen LogP contribution is 2.40. The van der Waals surface area contributed by atoms with E-state index in [1.165, 1.54) is 17.0 Å². The Bertz CT molecular complexity index is 1190. The number of hydrogen-bond acceptors (Lipinski definition) is 3. The summed E-state index contributed by atoms with van der Waals surface area (Å²) in [5.41, 5.74) is 3.69. The molecule has 2 aromatic carbocycles. The largest absolute Gasteiger partial charge is 0.338 e. The number of thioether (sulfide) groups is 1. The van der Waals surface area contributed by atoms with Crippen molar-refractivity contribution in [2.75, 3.05) is 19.3 Å². The van der Waals surface area contributed by atoms with E-state index in [2.05, 4.69) is 24.3 Å². The van der Waals surface area contributed by atoms with Gasteiger partial charge in [0.25, 0.3) is 11.5 Å².